The molecule has 6 nitrogen and oxygen atoms in total. The van der Waals surface area contributed by atoms with Crippen molar-refractivity contribution < 1.29 is 24.2 Å². The Kier molecular flexibility index (Phi) is 6.03. The summed E-state index contributed by atoms with van der Waals surface area (Å²) in [4.78, 5) is 26.6. The number of hydrogen-bond donors (Lipinski definition) is 1. The zero-order chi connectivity index (χ0) is 19.4. The van der Waals surface area contributed by atoms with Crippen LogP contribution in [-0.2, 0) is 27.4 Å². The van der Waals surface area contributed by atoms with Gasteiger partial charge in [-0.05, 0) is 41.8 Å². The van der Waals surface area contributed by atoms with Crippen LogP contribution in [0.1, 0.15) is 11.1 Å². The summed E-state index contributed by atoms with van der Waals surface area (Å²) in [5.41, 5.74) is 2.53. The molecule has 3 rings (SSSR count). The number of carbonyl (C=O) groups excluding carboxylic acids is 1. The number of benzene rings is 2. The average Bonchev–Trinajstić information content (AvgIpc) is 2.66. The zero-order valence-electron chi connectivity index (χ0n) is 15.2. The van der Waals surface area contributed by atoms with Crippen LogP contribution in [-0.4, -0.2) is 43.0 Å². The maximum absolute atomic E-state index is 13.0. The van der Waals surface area contributed by atoms with Gasteiger partial charge in [0.05, 0.1) is 24.7 Å². The van der Waals surface area contributed by atoms with Crippen LogP contribution in [0.2, 0.25) is 0 Å². The van der Waals surface area contributed by atoms with E-state index < -0.39 is 5.97 Å². The summed E-state index contributed by atoms with van der Waals surface area (Å²) in [6, 6.07) is 13.2. The van der Waals surface area contributed by atoms with E-state index in [2.05, 4.69) is 0 Å². The van der Waals surface area contributed by atoms with Gasteiger partial charge >= 0.3 is 5.97 Å². The molecule has 0 saturated carbocycles. The van der Waals surface area contributed by atoms with Gasteiger partial charge in [0, 0.05) is 12.0 Å². The molecular weight excluding hydrogens is 366 g/mol. The van der Waals surface area contributed by atoms with Gasteiger partial charge < -0.3 is 14.6 Å². The van der Waals surface area contributed by atoms with E-state index in [-0.39, 0.29) is 17.7 Å². The Morgan fingerprint density at radius 1 is 1.15 bits per heavy atom. The molecule has 7 heteroatoms. The van der Waals surface area contributed by atoms with Crippen LogP contribution in [0.5, 0.6) is 5.75 Å². The Labute approximate surface area is 162 Å². The summed E-state index contributed by atoms with van der Waals surface area (Å²) in [7, 11) is 3.20. The average molecular weight is 387 g/mol. The standard InChI is InChI=1S/C20H21NO5S/c1-25-12-14-5-8-17-16(9-14)21(11-19(22)23)20(24)18(27-17)10-13-3-6-15(26-2)7-4-13/h3-9,18H,10-12H2,1-2H3,(H,22,23). The van der Waals surface area contributed by atoms with Gasteiger partial charge in [-0.25, -0.2) is 0 Å². The quantitative estimate of drug-likeness (QED) is 0.787. The van der Waals surface area contributed by atoms with Crippen molar-refractivity contribution in [1.29, 1.82) is 0 Å². The number of hydrogen-bond acceptors (Lipinski definition) is 5. The third-order valence-electron chi connectivity index (χ3n) is 4.31. The van der Waals surface area contributed by atoms with Gasteiger partial charge in [0.2, 0.25) is 5.91 Å². The number of aliphatic carboxylic acids is 1. The fraction of sp³-hybridized carbons (Fsp3) is 0.300. The highest BCUT2D eigenvalue weighted by atomic mass is 32.2. The lowest BCUT2D eigenvalue weighted by molar-refractivity contribution is -0.136. The van der Waals surface area contributed by atoms with E-state index in [1.807, 2.05) is 42.5 Å². The highest BCUT2D eigenvalue weighted by Gasteiger charge is 2.34. The molecule has 0 aliphatic carbocycles. The SMILES string of the molecule is COCc1ccc2c(c1)N(CC(=O)O)C(=O)C(Cc1ccc(OC)cc1)S2. The second-order valence-corrected chi connectivity index (χ2v) is 7.46. The van der Waals surface area contributed by atoms with Crippen molar-refractivity contribution in [2.45, 2.75) is 23.2 Å². The van der Waals surface area contributed by atoms with E-state index in [0.717, 1.165) is 21.8 Å². The van der Waals surface area contributed by atoms with Crippen molar-refractivity contribution in [2.24, 2.45) is 0 Å². The second-order valence-electron chi connectivity index (χ2n) is 6.21. The predicted octanol–water partition coefficient (Wildman–Crippen LogP) is 2.98. The fourth-order valence-corrected chi connectivity index (χ4v) is 4.28. The second kappa shape index (κ2) is 8.45. The minimum atomic E-state index is -1.04. The van der Waals surface area contributed by atoms with Crippen molar-refractivity contribution in [3.8, 4) is 5.75 Å². The molecule has 0 bridgehead atoms. The number of carbonyl (C=O) groups is 2. The Bertz CT molecular complexity index is 837. The molecule has 0 spiro atoms. The van der Waals surface area contributed by atoms with Gasteiger partial charge in [0.15, 0.2) is 0 Å². The van der Waals surface area contributed by atoms with Gasteiger partial charge in [0.1, 0.15) is 12.3 Å². The molecule has 1 N–H and O–H groups in total. The molecule has 142 valence electrons. The molecule has 0 saturated heterocycles. The first-order valence-electron chi connectivity index (χ1n) is 8.46. The molecule has 1 aliphatic rings. The largest absolute Gasteiger partial charge is 0.497 e. The van der Waals surface area contributed by atoms with E-state index in [0.29, 0.717) is 18.7 Å². The first kappa shape index (κ1) is 19.3. The normalized spacial score (nSPS) is 16.1. The molecule has 0 aromatic heterocycles. The number of ether oxygens (including phenoxy) is 2. The van der Waals surface area contributed by atoms with Crippen molar-refractivity contribution >= 4 is 29.3 Å². The van der Waals surface area contributed by atoms with Crippen LogP contribution in [0, 0.1) is 0 Å². The molecule has 27 heavy (non-hydrogen) atoms. The minimum absolute atomic E-state index is 0.194. The Morgan fingerprint density at radius 2 is 1.85 bits per heavy atom. The minimum Gasteiger partial charge on any atom is -0.497 e. The topological polar surface area (TPSA) is 76.1 Å². The fourth-order valence-electron chi connectivity index (χ4n) is 3.03. The molecule has 1 atom stereocenters. The van der Waals surface area contributed by atoms with Crippen molar-refractivity contribution in [3.05, 3.63) is 53.6 Å². The number of thioether (sulfide) groups is 1. The molecule has 2 aromatic carbocycles. The van der Waals surface area contributed by atoms with Crippen LogP contribution in [0.25, 0.3) is 0 Å². The number of anilines is 1. The van der Waals surface area contributed by atoms with Gasteiger partial charge in [-0.2, -0.15) is 0 Å². The third kappa shape index (κ3) is 4.43. The van der Waals surface area contributed by atoms with Crippen LogP contribution in [0.3, 0.4) is 0 Å². The van der Waals surface area contributed by atoms with Crippen molar-refractivity contribution in [2.75, 3.05) is 25.7 Å². The Morgan fingerprint density at radius 3 is 2.48 bits per heavy atom. The number of nitrogens with zero attached hydrogens (tertiary/aromatic N) is 1. The zero-order valence-corrected chi connectivity index (χ0v) is 16.0. The lowest BCUT2D eigenvalue weighted by atomic mass is 10.1. The lowest BCUT2D eigenvalue weighted by Gasteiger charge is -2.33. The molecule has 0 fully saturated rings. The van der Waals surface area contributed by atoms with Crippen molar-refractivity contribution in [1.82, 2.24) is 0 Å². The number of fused-ring (bicyclic) bond motifs is 1. The lowest BCUT2D eigenvalue weighted by Crippen LogP contribution is -2.44. The first-order valence-corrected chi connectivity index (χ1v) is 9.34. The van der Waals surface area contributed by atoms with Gasteiger partial charge in [-0.3, -0.25) is 14.5 Å². The molecule has 2 aromatic rings. The highest BCUT2D eigenvalue weighted by Crippen LogP contribution is 2.41. The van der Waals surface area contributed by atoms with E-state index in [1.165, 1.54) is 16.7 Å². The number of methoxy groups -OCH3 is 2. The Hall–Kier alpha value is -2.51. The predicted molar refractivity (Wildman–Crippen MR) is 103 cm³/mol. The maximum Gasteiger partial charge on any atom is 0.323 e. The summed E-state index contributed by atoms with van der Waals surface area (Å²) in [6.45, 7) is 0.0459. The monoisotopic (exact) mass is 387 g/mol. The number of carboxylic acid groups (broad SMARTS) is 1. The molecule has 1 amide bonds. The van der Waals surface area contributed by atoms with E-state index in [9.17, 15) is 14.7 Å². The van der Waals surface area contributed by atoms with Crippen LogP contribution >= 0.6 is 11.8 Å². The maximum atomic E-state index is 13.0. The molecular formula is C20H21NO5S. The first-order chi connectivity index (χ1) is 13.0. The van der Waals surface area contributed by atoms with E-state index in [4.69, 9.17) is 9.47 Å². The summed E-state index contributed by atoms with van der Waals surface area (Å²) in [6.07, 6.45) is 0.517. The molecule has 1 unspecified atom stereocenters. The number of carboxylic acids is 1. The molecule has 1 heterocycles. The van der Waals surface area contributed by atoms with Crippen LogP contribution in [0.15, 0.2) is 47.4 Å². The van der Waals surface area contributed by atoms with Crippen LogP contribution < -0.4 is 9.64 Å². The van der Waals surface area contributed by atoms with Gasteiger partial charge in [0.25, 0.3) is 0 Å². The highest BCUT2D eigenvalue weighted by molar-refractivity contribution is 8.01. The van der Waals surface area contributed by atoms with Gasteiger partial charge in [-0.15, -0.1) is 11.8 Å². The summed E-state index contributed by atoms with van der Waals surface area (Å²) >= 11 is 1.47. The van der Waals surface area contributed by atoms with E-state index >= 15 is 0 Å². The Balaban J connectivity index is 1.89. The summed E-state index contributed by atoms with van der Waals surface area (Å²) in [5, 5.41) is 8.90. The van der Waals surface area contributed by atoms with Gasteiger partial charge in [-0.1, -0.05) is 18.2 Å². The van der Waals surface area contributed by atoms with E-state index in [1.54, 1.807) is 14.2 Å². The summed E-state index contributed by atoms with van der Waals surface area (Å²) in [5.74, 6) is -0.480. The number of rotatable bonds is 7. The molecule has 1 aliphatic heterocycles. The summed E-state index contributed by atoms with van der Waals surface area (Å²) < 4.78 is 10.3. The third-order valence-corrected chi connectivity index (χ3v) is 5.56. The van der Waals surface area contributed by atoms with Crippen LogP contribution in [0.4, 0.5) is 5.69 Å². The number of amides is 1. The van der Waals surface area contributed by atoms with Crippen molar-refractivity contribution in [3.63, 3.8) is 0 Å². The smallest absolute Gasteiger partial charge is 0.323 e. The molecule has 0 radical (unpaired) electrons.